The minimum absolute atomic E-state index is 0.0595. The molecular formula is C37H58O5S. The molecule has 0 bridgehead atoms. The SMILES string of the molecule is CC[C@H]1[C@@H](O)[C@@H]2[C@H](CC[C@]3(C)[C@@H]([C@H](C)CCC(=O)CS(=O)(=O)c4ccc(C(C)(C)C)cc4)CC[C@@H]23)[C@@]2(C)CC[C@@H](O)C[C@@H]12. The molecule has 0 heterocycles. The van der Waals surface area contributed by atoms with Crippen LogP contribution in [0.3, 0.4) is 0 Å². The maximum Gasteiger partial charge on any atom is 0.185 e. The van der Waals surface area contributed by atoms with Crippen molar-refractivity contribution in [3.05, 3.63) is 29.8 Å². The van der Waals surface area contributed by atoms with Gasteiger partial charge in [0.1, 0.15) is 11.5 Å². The van der Waals surface area contributed by atoms with Crippen LogP contribution in [-0.2, 0) is 20.0 Å². The average molecular weight is 615 g/mol. The number of sulfone groups is 1. The van der Waals surface area contributed by atoms with Crippen LogP contribution in [0.5, 0.6) is 0 Å². The number of hydrogen-bond donors (Lipinski definition) is 2. The maximum absolute atomic E-state index is 13.0. The molecule has 0 spiro atoms. The standard InChI is InChI=1S/C37H58O5S/c1-8-28-32-21-25(38)17-19-37(32,7)31-18-20-36(6)29(15-16-30(36)33(31)34(28)40)23(2)9-12-26(39)22-43(41,42)27-13-10-24(11-14-27)35(3,4)5/h10-11,13-14,23,25,28-34,38,40H,8-9,12,15-22H2,1-7H3/t23-,25-,28-,29-,30+,31+,32+,33+,34-,36-,37-/m1/s1. The van der Waals surface area contributed by atoms with Gasteiger partial charge in [0.05, 0.1) is 17.1 Å². The van der Waals surface area contributed by atoms with Crippen LogP contribution in [0.2, 0.25) is 0 Å². The molecule has 0 saturated heterocycles. The zero-order valence-corrected chi connectivity index (χ0v) is 28.6. The van der Waals surface area contributed by atoms with Crippen molar-refractivity contribution in [2.75, 3.05) is 5.75 Å². The van der Waals surface area contributed by atoms with Crippen molar-refractivity contribution >= 4 is 15.6 Å². The van der Waals surface area contributed by atoms with E-state index >= 15 is 0 Å². The summed E-state index contributed by atoms with van der Waals surface area (Å²) in [6.07, 6.45) is 8.80. The number of hydrogen-bond acceptors (Lipinski definition) is 5. The van der Waals surface area contributed by atoms with Crippen molar-refractivity contribution in [1.82, 2.24) is 0 Å². The monoisotopic (exact) mass is 614 g/mol. The Balaban J connectivity index is 1.24. The average Bonchev–Trinajstić information content (AvgIpc) is 3.29. The van der Waals surface area contributed by atoms with Crippen LogP contribution < -0.4 is 0 Å². The summed E-state index contributed by atoms with van der Waals surface area (Å²) >= 11 is 0. The van der Waals surface area contributed by atoms with Crippen LogP contribution >= 0.6 is 0 Å². The molecule has 1 aromatic rings. The Labute approximate surface area is 261 Å². The fourth-order valence-electron chi connectivity index (χ4n) is 11.1. The minimum Gasteiger partial charge on any atom is -0.393 e. The van der Waals surface area contributed by atoms with Crippen molar-refractivity contribution in [3.63, 3.8) is 0 Å². The zero-order valence-electron chi connectivity index (χ0n) is 27.8. The Morgan fingerprint density at radius 3 is 2.21 bits per heavy atom. The van der Waals surface area contributed by atoms with Gasteiger partial charge >= 0.3 is 0 Å². The third kappa shape index (κ3) is 5.91. The summed E-state index contributed by atoms with van der Waals surface area (Å²) in [7, 11) is -3.66. The molecule has 0 aromatic heterocycles. The van der Waals surface area contributed by atoms with Crippen molar-refractivity contribution in [3.8, 4) is 0 Å². The van der Waals surface area contributed by atoms with Gasteiger partial charge in [-0.2, -0.15) is 0 Å². The molecule has 2 N–H and O–H groups in total. The van der Waals surface area contributed by atoms with Gasteiger partial charge in [-0.05, 0) is 127 Å². The number of benzene rings is 1. The molecule has 4 aliphatic rings. The molecule has 0 amide bonds. The lowest BCUT2D eigenvalue weighted by molar-refractivity contribution is -0.203. The van der Waals surface area contributed by atoms with Gasteiger partial charge < -0.3 is 10.2 Å². The van der Waals surface area contributed by atoms with E-state index in [9.17, 15) is 23.4 Å². The Morgan fingerprint density at radius 2 is 1.58 bits per heavy atom. The number of ketones is 1. The van der Waals surface area contributed by atoms with E-state index in [-0.39, 0.29) is 45.0 Å². The van der Waals surface area contributed by atoms with E-state index in [1.165, 1.54) is 0 Å². The Kier molecular flexibility index (Phi) is 9.13. The van der Waals surface area contributed by atoms with Gasteiger partial charge in [0.15, 0.2) is 9.84 Å². The second kappa shape index (κ2) is 11.8. The predicted molar refractivity (Wildman–Crippen MR) is 172 cm³/mol. The number of rotatable bonds is 8. The molecule has 5 nitrogen and oxygen atoms in total. The molecule has 0 unspecified atom stereocenters. The molecule has 11 atom stereocenters. The highest BCUT2D eigenvalue weighted by Crippen LogP contribution is 2.69. The van der Waals surface area contributed by atoms with E-state index in [0.717, 1.165) is 63.4 Å². The fraction of sp³-hybridized carbons (Fsp3) is 0.811. The zero-order chi connectivity index (χ0) is 31.5. The van der Waals surface area contributed by atoms with Gasteiger partial charge in [0.25, 0.3) is 0 Å². The summed E-state index contributed by atoms with van der Waals surface area (Å²) < 4.78 is 26.1. The number of aliphatic hydroxyl groups excluding tert-OH is 2. The third-order valence-corrected chi connectivity index (χ3v) is 15.2. The first-order valence-corrected chi connectivity index (χ1v) is 18.9. The highest BCUT2D eigenvalue weighted by molar-refractivity contribution is 7.92. The molecule has 0 radical (unpaired) electrons. The van der Waals surface area contributed by atoms with Crippen LogP contribution in [0, 0.1) is 52.3 Å². The molecule has 4 fully saturated rings. The Morgan fingerprint density at radius 1 is 0.953 bits per heavy atom. The van der Waals surface area contributed by atoms with Crippen LogP contribution in [0.4, 0.5) is 0 Å². The first-order valence-electron chi connectivity index (χ1n) is 17.2. The van der Waals surface area contributed by atoms with Crippen molar-refractivity contribution in [1.29, 1.82) is 0 Å². The van der Waals surface area contributed by atoms with Crippen LogP contribution in [-0.4, -0.2) is 42.4 Å². The number of carbonyl (C=O) groups excluding carboxylic acids is 1. The fourth-order valence-corrected chi connectivity index (χ4v) is 12.3. The largest absolute Gasteiger partial charge is 0.393 e. The predicted octanol–water partition coefficient (Wildman–Crippen LogP) is 7.37. The normalized spacial score (nSPS) is 40.3. The van der Waals surface area contributed by atoms with E-state index in [1.54, 1.807) is 12.1 Å². The van der Waals surface area contributed by atoms with Crippen molar-refractivity contribution < 1.29 is 23.4 Å². The smallest absolute Gasteiger partial charge is 0.185 e. The first kappa shape index (κ1) is 33.1. The number of carbonyl (C=O) groups is 1. The van der Waals surface area contributed by atoms with Gasteiger partial charge in [-0.1, -0.05) is 67.0 Å². The molecule has 242 valence electrons. The van der Waals surface area contributed by atoms with E-state index in [1.807, 2.05) is 12.1 Å². The van der Waals surface area contributed by atoms with Crippen LogP contribution in [0.15, 0.2) is 29.2 Å². The second-order valence-electron chi connectivity index (χ2n) is 16.7. The third-order valence-electron chi connectivity index (χ3n) is 13.5. The highest BCUT2D eigenvalue weighted by Gasteiger charge is 2.64. The number of Topliss-reactive ketones (excluding diaryl/α,β-unsaturated/α-hetero) is 1. The molecular weight excluding hydrogens is 556 g/mol. The highest BCUT2D eigenvalue weighted by atomic mass is 32.2. The minimum atomic E-state index is -3.66. The molecule has 1 aromatic carbocycles. The van der Waals surface area contributed by atoms with Gasteiger partial charge in [0, 0.05) is 6.42 Å². The summed E-state index contributed by atoms with van der Waals surface area (Å²) in [4.78, 5) is 13.2. The van der Waals surface area contributed by atoms with E-state index in [0.29, 0.717) is 41.9 Å². The molecule has 4 saturated carbocycles. The summed E-state index contributed by atoms with van der Waals surface area (Å²) in [6, 6.07) is 7.00. The van der Waals surface area contributed by atoms with E-state index < -0.39 is 15.6 Å². The second-order valence-corrected chi connectivity index (χ2v) is 18.7. The summed E-state index contributed by atoms with van der Waals surface area (Å²) in [5, 5.41) is 22.5. The molecule has 6 heteroatoms. The summed E-state index contributed by atoms with van der Waals surface area (Å²) in [5.41, 5.74) is 1.35. The Bertz CT molecular complexity index is 1260. The number of aliphatic hydroxyl groups is 2. The van der Waals surface area contributed by atoms with Gasteiger partial charge in [-0.15, -0.1) is 0 Å². The molecule has 5 rings (SSSR count). The first-order chi connectivity index (χ1) is 20.0. The van der Waals surface area contributed by atoms with Crippen LogP contribution in [0.1, 0.15) is 118 Å². The maximum atomic E-state index is 13.0. The van der Waals surface area contributed by atoms with E-state index in [2.05, 4.69) is 48.5 Å². The Hall–Kier alpha value is -1.24. The van der Waals surface area contributed by atoms with Crippen LogP contribution in [0.25, 0.3) is 0 Å². The lowest BCUT2D eigenvalue weighted by Gasteiger charge is -2.64. The van der Waals surface area contributed by atoms with Gasteiger partial charge in [0.2, 0.25) is 0 Å². The molecule has 0 aliphatic heterocycles. The van der Waals surface area contributed by atoms with Gasteiger partial charge in [-0.25, -0.2) is 8.42 Å². The van der Waals surface area contributed by atoms with Crippen molar-refractivity contribution in [2.24, 2.45) is 52.3 Å². The lowest BCUT2D eigenvalue weighted by atomic mass is 9.41. The lowest BCUT2D eigenvalue weighted by Crippen LogP contribution is -2.62. The van der Waals surface area contributed by atoms with Crippen molar-refractivity contribution in [2.45, 2.75) is 135 Å². The quantitative estimate of drug-likeness (QED) is 0.319. The van der Waals surface area contributed by atoms with E-state index in [4.69, 9.17) is 0 Å². The molecule has 4 aliphatic carbocycles. The topological polar surface area (TPSA) is 91.7 Å². The summed E-state index contributed by atoms with van der Waals surface area (Å²) in [6.45, 7) is 15.7. The number of fused-ring (bicyclic) bond motifs is 5. The molecule has 43 heavy (non-hydrogen) atoms. The summed E-state index contributed by atoms with van der Waals surface area (Å²) in [5.74, 6) is 2.16. The van der Waals surface area contributed by atoms with Gasteiger partial charge in [-0.3, -0.25) is 4.79 Å².